The second kappa shape index (κ2) is 12.3. The Bertz CT molecular complexity index is 726. The van der Waals surface area contributed by atoms with Gasteiger partial charge in [-0.2, -0.15) is 0 Å². The highest BCUT2D eigenvalue weighted by molar-refractivity contribution is 5.79. The molecule has 2 aromatic heterocycles. The van der Waals surface area contributed by atoms with Crippen LogP contribution < -0.4 is 10.6 Å². The van der Waals surface area contributed by atoms with Gasteiger partial charge in [-0.15, -0.1) is 10.2 Å². The maximum absolute atomic E-state index is 5.60. The van der Waals surface area contributed by atoms with Crippen molar-refractivity contribution < 1.29 is 9.15 Å². The molecule has 8 heteroatoms. The first-order chi connectivity index (χ1) is 14.4. The number of aromatic nitrogens is 3. The van der Waals surface area contributed by atoms with E-state index in [0.29, 0.717) is 13.2 Å². The van der Waals surface area contributed by atoms with Crippen LogP contribution in [0.3, 0.4) is 0 Å². The number of aryl methyl sites for hydroxylation is 2. The molecule has 0 aliphatic carbocycles. The Hall–Kier alpha value is -2.35. The van der Waals surface area contributed by atoms with E-state index in [-0.39, 0.29) is 0 Å². The maximum Gasteiger partial charge on any atom is 0.191 e. The summed E-state index contributed by atoms with van der Waals surface area (Å²) in [5.41, 5.74) is 0. The summed E-state index contributed by atoms with van der Waals surface area (Å²) < 4.78 is 13.2. The number of hydrogen-bond acceptors (Lipinski definition) is 5. The van der Waals surface area contributed by atoms with Crippen molar-refractivity contribution in [1.82, 2.24) is 25.4 Å². The summed E-state index contributed by atoms with van der Waals surface area (Å²) in [6.07, 6.45) is 9.29. The molecule has 2 aromatic rings. The van der Waals surface area contributed by atoms with Crippen LogP contribution in [0.25, 0.3) is 0 Å². The molecule has 0 fully saturated rings. The van der Waals surface area contributed by atoms with Gasteiger partial charge in [0.15, 0.2) is 5.96 Å². The molecular weight excluding hydrogens is 368 g/mol. The van der Waals surface area contributed by atoms with E-state index in [4.69, 9.17) is 9.15 Å². The van der Waals surface area contributed by atoms with Gasteiger partial charge in [0.1, 0.15) is 24.0 Å². The van der Waals surface area contributed by atoms with Crippen LogP contribution in [-0.4, -0.2) is 47.0 Å². The number of nitrogens with zero attached hydrogens (tertiary/aromatic N) is 4. The van der Waals surface area contributed by atoms with E-state index >= 15 is 0 Å². The van der Waals surface area contributed by atoms with Gasteiger partial charge in [-0.25, -0.2) is 0 Å². The van der Waals surface area contributed by atoms with Crippen molar-refractivity contribution in [2.75, 3.05) is 26.2 Å². The van der Waals surface area contributed by atoms with Crippen LogP contribution in [0.15, 0.2) is 27.8 Å². The van der Waals surface area contributed by atoms with E-state index in [0.717, 1.165) is 75.2 Å². The normalized spacial score (nSPS) is 14.4. The molecule has 0 unspecified atom stereocenters. The quantitative estimate of drug-likeness (QED) is 0.341. The summed E-state index contributed by atoms with van der Waals surface area (Å²) in [7, 11) is 0. The van der Waals surface area contributed by atoms with Gasteiger partial charge in [0.05, 0.1) is 6.26 Å². The van der Waals surface area contributed by atoms with Crippen LogP contribution in [0.2, 0.25) is 0 Å². The summed E-state index contributed by atoms with van der Waals surface area (Å²) >= 11 is 0. The third kappa shape index (κ3) is 7.20. The van der Waals surface area contributed by atoms with E-state index in [1.54, 1.807) is 6.26 Å². The third-order valence-corrected chi connectivity index (χ3v) is 4.94. The van der Waals surface area contributed by atoms with Gasteiger partial charge in [-0.3, -0.25) is 4.99 Å². The molecule has 1 aliphatic heterocycles. The molecule has 0 bridgehead atoms. The second-order valence-corrected chi connectivity index (χ2v) is 7.27. The van der Waals surface area contributed by atoms with Gasteiger partial charge in [0.2, 0.25) is 0 Å². The minimum atomic E-state index is 0.521. The van der Waals surface area contributed by atoms with E-state index < -0.39 is 0 Å². The van der Waals surface area contributed by atoms with E-state index in [1.165, 1.54) is 19.3 Å². The highest BCUT2D eigenvalue weighted by atomic mass is 16.5. The minimum Gasteiger partial charge on any atom is -0.467 e. The van der Waals surface area contributed by atoms with E-state index in [9.17, 15) is 0 Å². The van der Waals surface area contributed by atoms with Gasteiger partial charge in [-0.1, -0.05) is 6.42 Å². The minimum absolute atomic E-state index is 0.521. The molecule has 0 amide bonds. The molecule has 0 saturated carbocycles. The molecule has 160 valence electrons. The summed E-state index contributed by atoms with van der Waals surface area (Å²) in [6, 6.07) is 3.80. The molecule has 29 heavy (non-hydrogen) atoms. The van der Waals surface area contributed by atoms with Crippen molar-refractivity contribution in [2.24, 2.45) is 4.99 Å². The molecule has 0 radical (unpaired) electrons. The molecule has 8 nitrogen and oxygen atoms in total. The standard InChI is InChI=1S/C21H34N6O2/c1-2-22-21(24-13-8-15-28-17-18-9-7-16-29-18)23-12-6-11-20-26-25-19-10-4-3-5-14-27(19)20/h7,9,16H,2-6,8,10-15,17H2,1H3,(H2,22,23,24). The molecule has 1 aliphatic rings. The number of nitrogens with one attached hydrogen (secondary N) is 2. The van der Waals surface area contributed by atoms with Crippen molar-refractivity contribution >= 4 is 5.96 Å². The van der Waals surface area contributed by atoms with Crippen LogP contribution in [0.5, 0.6) is 0 Å². The highest BCUT2D eigenvalue weighted by Crippen LogP contribution is 2.15. The third-order valence-electron chi connectivity index (χ3n) is 4.94. The van der Waals surface area contributed by atoms with Gasteiger partial charge in [0, 0.05) is 45.6 Å². The Balaban J connectivity index is 1.33. The summed E-state index contributed by atoms with van der Waals surface area (Å²) in [5, 5.41) is 15.4. The Morgan fingerprint density at radius 1 is 1.24 bits per heavy atom. The number of furan rings is 1. The SMILES string of the molecule is CCNC(=NCCCc1nnc2n1CCCCC2)NCCCOCc1ccco1. The van der Waals surface area contributed by atoms with Crippen LogP contribution >= 0.6 is 0 Å². The number of guanidine groups is 1. The molecule has 2 N–H and O–H groups in total. The van der Waals surface area contributed by atoms with Gasteiger partial charge >= 0.3 is 0 Å². The van der Waals surface area contributed by atoms with E-state index in [2.05, 4.69) is 37.3 Å². The molecular formula is C21H34N6O2. The monoisotopic (exact) mass is 402 g/mol. The number of aliphatic imine (C=N–C) groups is 1. The Kier molecular flexibility index (Phi) is 9.03. The van der Waals surface area contributed by atoms with Crippen LogP contribution in [0.1, 0.15) is 56.4 Å². The summed E-state index contributed by atoms with van der Waals surface area (Å²) in [4.78, 5) is 4.68. The topological polar surface area (TPSA) is 89.5 Å². The largest absolute Gasteiger partial charge is 0.467 e. The van der Waals surface area contributed by atoms with Crippen molar-refractivity contribution in [3.63, 3.8) is 0 Å². The Labute approximate surface area is 173 Å². The van der Waals surface area contributed by atoms with Gasteiger partial charge in [-0.05, 0) is 44.7 Å². The first kappa shape index (κ1) is 21.4. The lowest BCUT2D eigenvalue weighted by molar-refractivity contribution is 0.105. The van der Waals surface area contributed by atoms with E-state index in [1.807, 2.05) is 12.1 Å². The van der Waals surface area contributed by atoms with Crippen molar-refractivity contribution in [1.29, 1.82) is 0 Å². The van der Waals surface area contributed by atoms with Crippen LogP contribution in [0.4, 0.5) is 0 Å². The average molecular weight is 403 g/mol. The first-order valence-electron chi connectivity index (χ1n) is 10.9. The molecule has 0 atom stereocenters. The number of ether oxygens (including phenoxy) is 1. The zero-order valence-electron chi connectivity index (χ0n) is 17.5. The molecule has 0 saturated heterocycles. The fraction of sp³-hybridized carbons (Fsp3) is 0.667. The fourth-order valence-electron chi connectivity index (χ4n) is 3.45. The molecule has 0 spiro atoms. The second-order valence-electron chi connectivity index (χ2n) is 7.27. The average Bonchev–Trinajstić information content (AvgIpc) is 3.32. The lowest BCUT2D eigenvalue weighted by Gasteiger charge is -2.11. The number of fused-ring (bicyclic) bond motifs is 1. The smallest absolute Gasteiger partial charge is 0.191 e. The summed E-state index contributed by atoms with van der Waals surface area (Å²) in [5.74, 6) is 3.99. The fourth-order valence-corrected chi connectivity index (χ4v) is 3.45. The van der Waals surface area contributed by atoms with Crippen LogP contribution in [-0.2, 0) is 30.7 Å². The summed E-state index contributed by atoms with van der Waals surface area (Å²) in [6.45, 7) is 6.79. The van der Waals surface area contributed by atoms with Crippen molar-refractivity contribution in [3.05, 3.63) is 35.8 Å². The lowest BCUT2D eigenvalue weighted by atomic mass is 10.2. The zero-order valence-corrected chi connectivity index (χ0v) is 17.5. The molecule has 0 aromatic carbocycles. The lowest BCUT2D eigenvalue weighted by Crippen LogP contribution is -2.38. The van der Waals surface area contributed by atoms with Crippen molar-refractivity contribution in [2.45, 2.75) is 65.0 Å². The maximum atomic E-state index is 5.60. The van der Waals surface area contributed by atoms with Gasteiger partial charge in [0.25, 0.3) is 0 Å². The van der Waals surface area contributed by atoms with Gasteiger partial charge < -0.3 is 24.4 Å². The number of hydrogen-bond donors (Lipinski definition) is 2. The van der Waals surface area contributed by atoms with Crippen LogP contribution in [0, 0.1) is 0 Å². The zero-order chi connectivity index (χ0) is 20.2. The molecule has 3 rings (SSSR count). The highest BCUT2D eigenvalue weighted by Gasteiger charge is 2.13. The predicted octanol–water partition coefficient (Wildman–Crippen LogP) is 2.69. The predicted molar refractivity (Wildman–Crippen MR) is 113 cm³/mol. The Morgan fingerprint density at radius 2 is 2.21 bits per heavy atom. The first-order valence-corrected chi connectivity index (χ1v) is 10.9. The molecule has 3 heterocycles. The number of rotatable bonds is 11. The van der Waals surface area contributed by atoms with Crippen molar-refractivity contribution in [3.8, 4) is 0 Å². The Morgan fingerprint density at radius 3 is 3.07 bits per heavy atom.